The summed E-state index contributed by atoms with van der Waals surface area (Å²) < 4.78 is 39.5. The van der Waals surface area contributed by atoms with Crippen LogP contribution in [0.2, 0.25) is 0 Å². The van der Waals surface area contributed by atoms with Gasteiger partial charge in [-0.15, -0.1) is 11.3 Å². The van der Waals surface area contributed by atoms with Crippen molar-refractivity contribution in [1.29, 1.82) is 0 Å². The Labute approximate surface area is 115 Å². The first-order chi connectivity index (χ1) is 8.90. The summed E-state index contributed by atoms with van der Waals surface area (Å²) >= 11 is 1.48. The van der Waals surface area contributed by atoms with E-state index in [-0.39, 0.29) is 17.1 Å². The lowest BCUT2D eigenvalue weighted by Gasteiger charge is -2.07. The van der Waals surface area contributed by atoms with Crippen molar-refractivity contribution in [1.82, 2.24) is 4.72 Å². The van der Waals surface area contributed by atoms with Gasteiger partial charge in [0.25, 0.3) is 0 Å². The van der Waals surface area contributed by atoms with Crippen LogP contribution in [0.1, 0.15) is 10.4 Å². The molecule has 0 amide bonds. The van der Waals surface area contributed by atoms with Gasteiger partial charge in [0, 0.05) is 11.4 Å². The summed E-state index contributed by atoms with van der Waals surface area (Å²) in [5.41, 5.74) is 6.22. The Bertz CT molecular complexity index is 696. The van der Waals surface area contributed by atoms with Crippen LogP contribution in [0.25, 0.3) is 0 Å². The molecule has 0 bridgehead atoms. The van der Waals surface area contributed by atoms with E-state index in [0.717, 1.165) is 22.6 Å². The van der Waals surface area contributed by atoms with Crippen molar-refractivity contribution in [2.24, 2.45) is 0 Å². The van der Waals surface area contributed by atoms with Crippen molar-refractivity contribution in [2.75, 3.05) is 5.73 Å². The molecule has 4 nitrogen and oxygen atoms in total. The fourth-order valence-electron chi connectivity index (χ4n) is 1.52. The highest BCUT2D eigenvalue weighted by molar-refractivity contribution is 7.89. The second kappa shape index (κ2) is 5.28. The van der Waals surface area contributed by atoms with Gasteiger partial charge in [-0.1, -0.05) is 0 Å². The second-order valence-corrected chi connectivity index (χ2v) is 6.80. The van der Waals surface area contributed by atoms with Gasteiger partial charge >= 0.3 is 0 Å². The molecule has 0 spiro atoms. The highest BCUT2D eigenvalue weighted by Crippen LogP contribution is 2.19. The van der Waals surface area contributed by atoms with Crippen LogP contribution in [0.4, 0.5) is 10.1 Å². The number of anilines is 1. The van der Waals surface area contributed by atoms with E-state index in [1.165, 1.54) is 17.4 Å². The molecule has 0 aliphatic rings. The molecule has 0 aliphatic carbocycles. The summed E-state index contributed by atoms with van der Waals surface area (Å²) in [4.78, 5) is 0.902. The molecule has 1 aromatic carbocycles. The number of hydrogen-bond donors (Lipinski definition) is 2. The predicted molar refractivity (Wildman–Crippen MR) is 73.9 cm³/mol. The molecule has 1 aromatic heterocycles. The van der Waals surface area contributed by atoms with Gasteiger partial charge in [0.2, 0.25) is 10.0 Å². The summed E-state index contributed by atoms with van der Waals surface area (Å²) in [6, 6.07) is 5.26. The summed E-state index contributed by atoms with van der Waals surface area (Å²) in [6.07, 6.45) is 0. The van der Waals surface area contributed by atoms with Gasteiger partial charge in [0.1, 0.15) is 5.82 Å². The molecule has 3 N–H and O–H groups in total. The average Bonchev–Trinajstić information content (AvgIpc) is 2.76. The lowest BCUT2D eigenvalue weighted by atomic mass is 10.3. The summed E-state index contributed by atoms with van der Waals surface area (Å²) in [5, 5.41) is 1.90. The highest BCUT2D eigenvalue weighted by atomic mass is 32.2. The molecule has 0 fully saturated rings. The van der Waals surface area contributed by atoms with E-state index < -0.39 is 15.8 Å². The Morgan fingerprint density at radius 2 is 2.11 bits per heavy atom. The number of halogens is 1. The highest BCUT2D eigenvalue weighted by Gasteiger charge is 2.16. The van der Waals surface area contributed by atoms with Crippen molar-refractivity contribution >= 4 is 27.0 Å². The summed E-state index contributed by atoms with van der Waals surface area (Å²) in [7, 11) is -3.68. The zero-order valence-corrected chi connectivity index (χ0v) is 11.8. The van der Waals surface area contributed by atoms with E-state index in [0.29, 0.717) is 0 Å². The molecule has 1 heterocycles. The largest absolute Gasteiger partial charge is 0.396 e. The SMILES string of the molecule is Cc1ccsc1CNS(=O)(=O)c1ccc(F)c(N)c1. The lowest BCUT2D eigenvalue weighted by Crippen LogP contribution is -2.23. The van der Waals surface area contributed by atoms with Crippen LogP contribution >= 0.6 is 11.3 Å². The van der Waals surface area contributed by atoms with Crippen molar-refractivity contribution in [3.05, 3.63) is 45.9 Å². The summed E-state index contributed by atoms with van der Waals surface area (Å²) in [5.74, 6) is -0.631. The summed E-state index contributed by atoms with van der Waals surface area (Å²) in [6.45, 7) is 2.12. The van der Waals surface area contributed by atoms with E-state index >= 15 is 0 Å². The van der Waals surface area contributed by atoms with E-state index in [9.17, 15) is 12.8 Å². The molecular weight excluding hydrogens is 287 g/mol. The van der Waals surface area contributed by atoms with Gasteiger partial charge in [0.15, 0.2) is 0 Å². The number of sulfonamides is 1. The Hall–Kier alpha value is -1.44. The Morgan fingerprint density at radius 1 is 1.37 bits per heavy atom. The first-order valence-corrected chi connectivity index (χ1v) is 7.84. The van der Waals surface area contributed by atoms with E-state index in [2.05, 4.69) is 4.72 Å². The molecule has 0 radical (unpaired) electrons. The molecule has 2 rings (SSSR count). The Morgan fingerprint density at radius 3 is 2.68 bits per heavy atom. The number of thiophene rings is 1. The van der Waals surface area contributed by atoms with Crippen LogP contribution in [-0.4, -0.2) is 8.42 Å². The third-order valence-corrected chi connectivity index (χ3v) is 5.09. The fraction of sp³-hybridized carbons (Fsp3) is 0.167. The van der Waals surface area contributed by atoms with Crippen LogP contribution < -0.4 is 10.5 Å². The predicted octanol–water partition coefficient (Wildman–Crippen LogP) is 2.26. The van der Waals surface area contributed by atoms with Crippen LogP contribution in [0, 0.1) is 12.7 Å². The normalized spacial score (nSPS) is 11.7. The molecular formula is C12H13FN2O2S2. The Balaban J connectivity index is 2.18. The molecule has 0 unspecified atom stereocenters. The molecule has 7 heteroatoms. The maximum atomic E-state index is 13.0. The number of benzene rings is 1. The van der Waals surface area contributed by atoms with Gasteiger partial charge in [-0.2, -0.15) is 0 Å². The fourth-order valence-corrected chi connectivity index (χ4v) is 3.49. The minimum Gasteiger partial charge on any atom is -0.396 e. The van der Waals surface area contributed by atoms with Crippen LogP contribution in [0.5, 0.6) is 0 Å². The average molecular weight is 300 g/mol. The standard InChI is InChI=1S/C12H13FN2O2S2/c1-8-4-5-18-12(8)7-15-19(16,17)9-2-3-10(13)11(14)6-9/h2-6,15H,7,14H2,1H3. The maximum Gasteiger partial charge on any atom is 0.240 e. The molecule has 2 aromatic rings. The third-order valence-electron chi connectivity index (χ3n) is 2.67. The number of hydrogen-bond acceptors (Lipinski definition) is 4. The minimum atomic E-state index is -3.68. The number of aryl methyl sites for hydroxylation is 1. The van der Waals surface area contributed by atoms with Crippen molar-refractivity contribution in [3.8, 4) is 0 Å². The zero-order valence-electron chi connectivity index (χ0n) is 10.2. The molecule has 102 valence electrons. The van der Waals surface area contributed by atoms with Gasteiger partial charge in [0.05, 0.1) is 10.6 Å². The maximum absolute atomic E-state index is 13.0. The van der Waals surface area contributed by atoms with Crippen molar-refractivity contribution in [3.63, 3.8) is 0 Å². The van der Waals surface area contributed by atoms with E-state index in [4.69, 9.17) is 5.73 Å². The minimum absolute atomic E-state index is 0.0411. The van der Waals surface area contributed by atoms with Crippen molar-refractivity contribution < 1.29 is 12.8 Å². The van der Waals surface area contributed by atoms with Crippen LogP contribution in [-0.2, 0) is 16.6 Å². The number of nitrogens with one attached hydrogen (secondary N) is 1. The lowest BCUT2D eigenvalue weighted by molar-refractivity contribution is 0.581. The third kappa shape index (κ3) is 3.12. The number of nitrogens with two attached hydrogens (primary N) is 1. The number of rotatable bonds is 4. The van der Waals surface area contributed by atoms with Gasteiger partial charge in [-0.25, -0.2) is 17.5 Å². The van der Waals surface area contributed by atoms with Gasteiger partial charge in [-0.05, 0) is 42.1 Å². The quantitative estimate of drug-likeness (QED) is 0.851. The zero-order chi connectivity index (χ0) is 14.0. The molecule has 0 saturated carbocycles. The first kappa shape index (κ1) is 14.0. The van der Waals surface area contributed by atoms with Crippen molar-refractivity contribution in [2.45, 2.75) is 18.4 Å². The van der Waals surface area contributed by atoms with Crippen LogP contribution in [0.3, 0.4) is 0 Å². The number of nitrogen functional groups attached to an aromatic ring is 1. The Kier molecular flexibility index (Phi) is 3.88. The van der Waals surface area contributed by atoms with E-state index in [1.807, 2.05) is 18.4 Å². The second-order valence-electron chi connectivity index (χ2n) is 4.03. The molecule has 19 heavy (non-hydrogen) atoms. The van der Waals surface area contributed by atoms with Crippen LogP contribution in [0.15, 0.2) is 34.5 Å². The molecule has 0 aliphatic heterocycles. The first-order valence-electron chi connectivity index (χ1n) is 5.48. The van der Waals surface area contributed by atoms with Gasteiger partial charge in [-0.3, -0.25) is 0 Å². The smallest absolute Gasteiger partial charge is 0.240 e. The monoisotopic (exact) mass is 300 g/mol. The topological polar surface area (TPSA) is 72.2 Å². The van der Waals surface area contributed by atoms with E-state index in [1.54, 1.807) is 0 Å². The van der Waals surface area contributed by atoms with Gasteiger partial charge < -0.3 is 5.73 Å². The molecule has 0 atom stereocenters. The molecule has 0 saturated heterocycles.